The van der Waals surface area contributed by atoms with Crippen LogP contribution in [0.4, 0.5) is 0 Å². The number of carbonyl (C=O) groups excluding carboxylic acids is 2. The van der Waals surface area contributed by atoms with Gasteiger partial charge in [-0.05, 0) is 32.1 Å². The van der Waals surface area contributed by atoms with Crippen LogP contribution in [-0.4, -0.2) is 48.6 Å². The summed E-state index contributed by atoms with van der Waals surface area (Å²) in [5, 5.41) is 9.34. The Morgan fingerprint density at radius 3 is 1.39 bits per heavy atom. The van der Waals surface area contributed by atoms with Gasteiger partial charge < -0.3 is 14.6 Å². The molecule has 6 nitrogen and oxygen atoms in total. The van der Waals surface area contributed by atoms with E-state index in [1.807, 2.05) is 4.90 Å². The fourth-order valence-electron chi connectivity index (χ4n) is 4.85. The van der Waals surface area contributed by atoms with Crippen molar-refractivity contribution in [1.29, 1.82) is 0 Å². The van der Waals surface area contributed by atoms with Gasteiger partial charge in [0.15, 0.2) is 0 Å². The van der Waals surface area contributed by atoms with Crippen molar-refractivity contribution in [3.05, 3.63) is 0 Å². The van der Waals surface area contributed by atoms with Crippen molar-refractivity contribution in [1.82, 2.24) is 4.90 Å². The maximum Gasteiger partial charge on any atom is 0.310 e. The Kier molecular flexibility index (Phi) is 26.6. The summed E-state index contributed by atoms with van der Waals surface area (Å²) in [6.07, 6.45) is 21.4. The molecule has 1 N–H and O–H groups in total. The number of rotatable bonds is 28. The van der Waals surface area contributed by atoms with E-state index in [1.165, 1.54) is 44.9 Å². The lowest BCUT2D eigenvalue weighted by Gasteiger charge is -2.24. The summed E-state index contributed by atoms with van der Waals surface area (Å²) in [7, 11) is 0. The van der Waals surface area contributed by atoms with Gasteiger partial charge in [0.05, 0.1) is 11.8 Å². The summed E-state index contributed by atoms with van der Waals surface area (Å²) in [6.45, 7) is 9.51. The number of hydrogen-bond acceptors (Lipinski definition) is 6. The molecule has 0 aromatic rings. The smallest absolute Gasteiger partial charge is 0.310 e. The van der Waals surface area contributed by atoms with Gasteiger partial charge in [0.25, 0.3) is 0 Å². The lowest BCUT2D eigenvalue weighted by molar-refractivity contribution is -0.163. The molecule has 38 heavy (non-hydrogen) atoms. The van der Waals surface area contributed by atoms with E-state index in [-0.39, 0.29) is 43.8 Å². The van der Waals surface area contributed by atoms with Crippen LogP contribution in [0.1, 0.15) is 156 Å². The third-order valence-electron chi connectivity index (χ3n) is 7.45. The third-order valence-corrected chi connectivity index (χ3v) is 7.45. The number of unbranched alkanes of at least 4 members (excludes halogenated alkanes) is 11. The van der Waals surface area contributed by atoms with Crippen molar-refractivity contribution in [3.8, 4) is 0 Å². The predicted octanol–water partition coefficient (Wildman–Crippen LogP) is 8.40. The second-order valence-electron chi connectivity index (χ2n) is 11.1. The Morgan fingerprint density at radius 1 is 0.553 bits per heavy atom. The molecular weight excluding hydrogens is 478 g/mol. The highest BCUT2D eigenvalue weighted by atomic mass is 16.6. The van der Waals surface area contributed by atoms with Gasteiger partial charge in [-0.15, -0.1) is 0 Å². The highest BCUT2D eigenvalue weighted by Crippen LogP contribution is 2.21. The highest BCUT2D eigenvalue weighted by molar-refractivity contribution is 5.72. The highest BCUT2D eigenvalue weighted by Gasteiger charge is 2.23. The van der Waals surface area contributed by atoms with Crippen LogP contribution in [0.2, 0.25) is 0 Å². The van der Waals surface area contributed by atoms with E-state index in [0.717, 1.165) is 77.0 Å². The average molecular weight is 542 g/mol. The quantitative estimate of drug-likeness (QED) is 0.0609. The van der Waals surface area contributed by atoms with E-state index in [1.54, 1.807) is 0 Å². The second-order valence-corrected chi connectivity index (χ2v) is 11.1. The van der Waals surface area contributed by atoms with Crippen molar-refractivity contribution in [2.75, 3.05) is 26.6 Å². The molecule has 0 aliphatic heterocycles. The molecule has 0 aliphatic rings. The van der Waals surface area contributed by atoms with E-state index in [9.17, 15) is 14.7 Å². The Balaban J connectivity index is 4.86. The van der Waals surface area contributed by atoms with Crippen LogP contribution < -0.4 is 0 Å². The van der Waals surface area contributed by atoms with Gasteiger partial charge in [0.2, 0.25) is 0 Å². The van der Waals surface area contributed by atoms with Crippen molar-refractivity contribution < 1.29 is 24.2 Å². The van der Waals surface area contributed by atoms with Crippen LogP contribution >= 0.6 is 0 Å². The minimum absolute atomic E-state index is 0.0482. The molecule has 0 aliphatic carbocycles. The van der Waals surface area contributed by atoms with Crippen LogP contribution in [-0.2, 0) is 19.1 Å². The zero-order valence-electron chi connectivity index (χ0n) is 25.7. The minimum atomic E-state index is -0.147. The SMILES string of the molecule is CCCCCCCCC(CCCCCC)C(=O)OCN(CCCO)COC(=O)C(CCCC)CCCCC. The first-order chi connectivity index (χ1) is 18.5. The molecule has 0 amide bonds. The largest absolute Gasteiger partial charge is 0.449 e. The Hall–Kier alpha value is -1.14. The molecule has 0 fully saturated rings. The first-order valence-electron chi connectivity index (χ1n) is 16.2. The molecule has 6 heteroatoms. The van der Waals surface area contributed by atoms with Gasteiger partial charge in [0, 0.05) is 13.2 Å². The molecule has 2 unspecified atom stereocenters. The fraction of sp³-hybridized carbons (Fsp3) is 0.938. The van der Waals surface area contributed by atoms with E-state index >= 15 is 0 Å². The predicted molar refractivity (Wildman–Crippen MR) is 158 cm³/mol. The maximum absolute atomic E-state index is 13.1. The van der Waals surface area contributed by atoms with Crippen LogP contribution in [0.25, 0.3) is 0 Å². The normalized spacial score (nSPS) is 13.0. The Morgan fingerprint density at radius 2 is 0.921 bits per heavy atom. The zero-order valence-corrected chi connectivity index (χ0v) is 25.7. The van der Waals surface area contributed by atoms with E-state index < -0.39 is 0 Å². The molecule has 226 valence electrons. The molecule has 0 aromatic carbocycles. The molecule has 2 atom stereocenters. The Labute approximate surface area is 235 Å². The van der Waals surface area contributed by atoms with Crippen LogP contribution in [0.3, 0.4) is 0 Å². The van der Waals surface area contributed by atoms with Gasteiger partial charge >= 0.3 is 11.9 Å². The van der Waals surface area contributed by atoms with Gasteiger partial charge in [-0.2, -0.15) is 0 Å². The number of aliphatic hydroxyl groups excluding tert-OH is 1. The standard InChI is InChI=1S/C32H63NO5/c1-5-9-13-15-16-19-24-30(23-18-14-10-6-2)32(36)38-28-33(25-20-26-34)27-37-31(35)29(21-12-8-4)22-17-11-7-3/h29-30,34H,5-28H2,1-4H3. The van der Waals surface area contributed by atoms with Crippen molar-refractivity contribution in [2.45, 2.75) is 156 Å². The summed E-state index contributed by atoms with van der Waals surface area (Å²) in [6, 6.07) is 0. The third kappa shape index (κ3) is 20.8. The van der Waals surface area contributed by atoms with Gasteiger partial charge in [-0.25, -0.2) is 4.90 Å². The topological polar surface area (TPSA) is 76.1 Å². The number of hydrogen-bond donors (Lipinski definition) is 1. The first-order valence-corrected chi connectivity index (χ1v) is 16.2. The summed E-state index contributed by atoms with van der Waals surface area (Å²) < 4.78 is 11.5. The zero-order chi connectivity index (χ0) is 28.3. The van der Waals surface area contributed by atoms with Gasteiger partial charge in [-0.1, -0.05) is 124 Å². The Bertz CT molecular complexity index is 542. The number of esters is 2. The molecule has 0 spiro atoms. The monoisotopic (exact) mass is 541 g/mol. The van der Waals surface area contributed by atoms with Gasteiger partial charge in [0.1, 0.15) is 13.5 Å². The number of carbonyl (C=O) groups is 2. The second kappa shape index (κ2) is 27.4. The van der Waals surface area contributed by atoms with Crippen LogP contribution in [0, 0.1) is 11.8 Å². The number of aliphatic hydroxyl groups is 1. The molecule has 0 saturated carbocycles. The van der Waals surface area contributed by atoms with E-state index in [4.69, 9.17) is 9.47 Å². The minimum Gasteiger partial charge on any atom is -0.449 e. The van der Waals surface area contributed by atoms with Gasteiger partial charge in [-0.3, -0.25) is 9.59 Å². The lowest BCUT2D eigenvalue weighted by Crippen LogP contribution is -2.35. The molecule has 0 radical (unpaired) electrons. The first kappa shape index (κ1) is 36.9. The van der Waals surface area contributed by atoms with Crippen LogP contribution in [0.5, 0.6) is 0 Å². The fourth-order valence-corrected chi connectivity index (χ4v) is 4.85. The van der Waals surface area contributed by atoms with Crippen LogP contribution in [0.15, 0.2) is 0 Å². The van der Waals surface area contributed by atoms with Crippen molar-refractivity contribution in [2.24, 2.45) is 11.8 Å². The maximum atomic E-state index is 13.1. The molecule has 0 saturated heterocycles. The van der Waals surface area contributed by atoms with E-state index in [0.29, 0.717) is 13.0 Å². The number of nitrogens with zero attached hydrogens (tertiary/aromatic N) is 1. The van der Waals surface area contributed by atoms with E-state index in [2.05, 4.69) is 27.7 Å². The van der Waals surface area contributed by atoms with Crippen molar-refractivity contribution >= 4 is 11.9 Å². The average Bonchev–Trinajstić information content (AvgIpc) is 2.92. The lowest BCUT2D eigenvalue weighted by atomic mass is 9.94. The molecule has 0 rings (SSSR count). The summed E-state index contributed by atoms with van der Waals surface area (Å²) in [5.74, 6) is -0.395. The molecule has 0 bridgehead atoms. The molecule has 0 aromatic heterocycles. The summed E-state index contributed by atoms with van der Waals surface area (Å²) in [5.41, 5.74) is 0. The van der Waals surface area contributed by atoms with Crippen molar-refractivity contribution in [3.63, 3.8) is 0 Å². The summed E-state index contributed by atoms with van der Waals surface area (Å²) in [4.78, 5) is 27.7. The molecular formula is C32H63NO5. The summed E-state index contributed by atoms with van der Waals surface area (Å²) >= 11 is 0. The molecule has 0 heterocycles. The number of ether oxygens (including phenoxy) is 2.